The summed E-state index contributed by atoms with van der Waals surface area (Å²) in [4.78, 5) is 12.9. The minimum absolute atomic E-state index is 0.0282. The molecule has 124 valence electrons. The van der Waals surface area contributed by atoms with Gasteiger partial charge in [0.15, 0.2) is 5.78 Å². The normalized spacial score (nSPS) is 19.2. The van der Waals surface area contributed by atoms with Crippen LogP contribution >= 0.6 is 23.2 Å². The van der Waals surface area contributed by atoms with Gasteiger partial charge in [-0.05, 0) is 23.6 Å². The van der Waals surface area contributed by atoms with Gasteiger partial charge in [0.1, 0.15) is 17.4 Å². The maximum atomic E-state index is 12.9. The molecule has 0 saturated carbocycles. The summed E-state index contributed by atoms with van der Waals surface area (Å²) in [7, 11) is 0. The highest BCUT2D eigenvalue weighted by atomic mass is 35.5. The van der Waals surface area contributed by atoms with Crippen molar-refractivity contribution in [3.63, 3.8) is 0 Å². The third-order valence-corrected chi connectivity index (χ3v) is 5.33. The molecule has 0 saturated heterocycles. The van der Waals surface area contributed by atoms with E-state index in [0.29, 0.717) is 17.9 Å². The summed E-state index contributed by atoms with van der Waals surface area (Å²) in [5.74, 6) is 0.388. The van der Waals surface area contributed by atoms with Crippen molar-refractivity contribution in [2.75, 3.05) is 6.61 Å². The first kappa shape index (κ1) is 17.1. The minimum atomic E-state index is -0.134. The van der Waals surface area contributed by atoms with E-state index in [1.807, 2.05) is 43.3 Å². The zero-order valence-corrected chi connectivity index (χ0v) is 14.9. The van der Waals surface area contributed by atoms with Gasteiger partial charge >= 0.3 is 0 Å². The van der Waals surface area contributed by atoms with Gasteiger partial charge in [0, 0.05) is 17.4 Å². The minimum Gasteiger partial charge on any atom is -0.488 e. The molecule has 0 bridgehead atoms. The van der Waals surface area contributed by atoms with Crippen molar-refractivity contribution >= 4 is 29.0 Å². The van der Waals surface area contributed by atoms with E-state index in [0.717, 1.165) is 17.5 Å². The average Bonchev–Trinajstić information content (AvgIpc) is 2.89. The second-order valence-electron chi connectivity index (χ2n) is 5.83. The lowest BCUT2D eigenvalue weighted by Gasteiger charge is -2.19. The number of fused-ring (bicyclic) bond motifs is 1. The predicted octanol–water partition coefficient (Wildman–Crippen LogP) is 5.91. The molecule has 4 heteroatoms. The topological polar surface area (TPSA) is 26.3 Å². The van der Waals surface area contributed by atoms with E-state index < -0.39 is 0 Å². The molecule has 0 aromatic heterocycles. The number of rotatable bonds is 5. The highest BCUT2D eigenvalue weighted by molar-refractivity contribution is 6.45. The Bertz CT molecular complexity index is 784. The van der Waals surface area contributed by atoms with E-state index in [1.165, 1.54) is 0 Å². The molecule has 2 aromatic rings. The van der Waals surface area contributed by atoms with Crippen LogP contribution in [0.5, 0.6) is 5.75 Å². The largest absolute Gasteiger partial charge is 0.488 e. The Morgan fingerprint density at radius 3 is 2.54 bits per heavy atom. The molecule has 0 amide bonds. The molecule has 1 aliphatic rings. The maximum absolute atomic E-state index is 12.9. The third kappa shape index (κ3) is 2.74. The number of ketones is 1. The van der Waals surface area contributed by atoms with E-state index in [-0.39, 0.29) is 27.7 Å². The summed E-state index contributed by atoms with van der Waals surface area (Å²) in [6.45, 7) is 6.00. The van der Waals surface area contributed by atoms with Crippen molar-refractivity contribution < 1.29 is 9.53 Å². The number of hydrogen-bond acceptors (Lipinski definition) is 2. The Kier molecular flexibility index (Phi) is 4.98. The Balaban J connectivity index is 2.19. The summed E-state index contributed by atoms with van der Waals surface area (Å²) in [6, 6.07) is 11.9. The second-order valence-corrected chi connectivity index (χ2v) is 6.59. The van der Waals surface area contributed by atoms with Crippen molar-refractivity contribution in [3.8, 4) is 5.75 Å². The first-order valence-corrected chi connectivity index (χ1v) is 8.70. The zero-order chi connectivity index (χ0) is 17.3. The van der Waals surface area contributed by atoms with Gasteiger partial charge in [0.25, 0.3) is 0 Å². The molecule has 0 N–H and O–H groups in total. The molecule has 2 atom stereocenters. The number of ether oxygens (including phenoxy) is 1. The predicted molar refractivity (Wildman–Crippen MR) is 98.6 cm³/mol. The molecule has 24 heavy (non-hydrogen) atoms. The van der Waals surface area contributed by atoms with Gasteiger partial charge in [-0.2, -0.15) is 0 Å². The average molecular weight is 361 g/mol. The molecular formula is C20H18Cl2O2. The molecular weight excluding hydrogens is 343 g/mol. The van der Waals surface area contributed by atoms with Crippen molar-refractivity contribution in [2.45, 2.75) is 19.3 Å². The van der Waals surface area contributed by atoms with Crippen LogP contribution in [-0.2, 0) is 0 Å². The van der Waals surface area contributed by atoms with Gasteiger partial charge < -0.3 is 4.74 Å². The maximum Gasteiger partial charge on any atom is 0.168 e. The Morgan fingerprint density at radius 1 is 1.21 bits per heavy atom. The van der Waals surface area contributed by atoms with Gasteiger partial charge in [-0.15, -0.1) is 0 Å². The number of Topliss-reactive ketones (excluding diaryl/α,β-unsaturated/α-hetero) is 1. The van der Waals surface area contributed by atoms with Crippen molar-refractivity contribution in [3.05, 3.63) is 75.8 Å². The quantitative estimate of drug-likeness (QED) is 0.619. The smallest absolute Gasteiger partial charge is 0.168 e. The number of carbonyl (C=O) groups is 1. The van der Waals surface area contributed by atoms with Crippen LogP contribution in [0.2, 0.25) is 10.0 Å². The molecule has 0 fully saturated rings. The molecule has 2 nitrogen and oxygen atoms in total. The lowest BCUT2D eigenvalue weighted by Crippen LogP contribution is -2.13. The van der Waals surface area contributed by atoms with Crippen LogP contribution in [0, 0.1) is 5.92 Å². The lowest BCUT2D eigenvalue weighted by molar-refractivity contribution is 0.0926. The van der Waals surface area contributed by atoms with E-state index >= 15 is 0 Å². The van der Waals surface area contributed by atoms with Crippen LogP contribution in [0.1, 0.15) is 40.7 Å². The van der Waals surface area contributed by atoms with Crippen LogP contribution in [0.3, 0.4) is 0 Å². The van der Waals surface area contributed by atoms with E-state index in [4.69, 9.17) is 27.9 Å². The number of hydrogen-bond donors (Lipinski definition) is 0. The van der Waals surface area contributed by atoms with Crippen LogP contribution in [-0.4, -0.2) is 12.4 Å². The molecule has 0 heterocycles. The fourth-order valence-corrected chi connectivity index (χ4v) is 3.92. The van der Waals surface area contributed by atoms with Crippen LogP contribution in [0.15, 0.2) is 49.1 Å². The summed E-state index contributed by atoms with van der Waals surface area (Å²) in [5, 5.41) is 0.573. The number of halogens is 2. The molecule has 1 aliphatic carbocycles. The van der Waals surface area contributed by atoms with E-state index in [2.05, 4.69) is 6.58 Å². The van der Waals surface area contributed by atoms with Crippen molar-refractivity contribution in [1.82, 2.24) is 0 Å². The van der Waals surface area contributed by atoms with Crippen LogP contribution < -0.4 is 4.74 Å². The summed E-state index contributed by atoms with van der Waals surface area (Å²) in [6.07, 6.45) is 2.38. The summed E-state index contributed by atoms with van der Waals surface area (Å²) < 4.78 is 5.63. The molecule has 2 aromatic carbocycles. The van der Waals surface area contributed by atoms with Crippen LogP contribution in [0.25, 0.3) is 0 Å². The van der Waals surface area contributed by atoms with Crippen molar-refractivity contribution in [2.24, 2.45) is 5.92 Å². The second kappa shape index (κ2) is 7.00. The van der Waals surface area contributed by atoms with Gasteiger partial charge in [0.05, 0.1) is 5.02 Å². The first-order chi connectivity index (χ1) is 11.6. The summed E-state index contributed by atoms with van der Waals surface area (Å²) in [5.41, 5.74) is 2.53. The molecule has 0 radical (unpaired) electrons. The Hall–Kier alpha value is -1.77. The van der Waals surface area contributed by atoms with Gasteiger partial charge in [-0.1, -0.05) is 73.1 Å². The zero-order valence-electron chi connectivity index (χ0n) is 13.4. The third-order valence-electron chi connectivity index (χ3n) is 4.48. The highest BCUT2D eigenvalue weighted by Crippen LogP contribution is 2.50. The van der Waals surface area contributed by atoms with Gasteiger partial charge in [-0.25, -0.2) is 0 Å². The standard InChI is InChI=1S/C20H18Cl2O2/c1-3-10-24-15-11-14-16(12-8-6-5-7-9-12)13(4-2)20(23)17(14)19(22)18(15)21/h3,5-9,11,13,16H,1,4,10H2,2H3. The fourth-order valence-electron chi connectivity index (χ4n) is 3.42. The van der Waals surface area contributed by atoms with E-state index in [1.54, 1.807) is 6.08 Å². The van der Waals surface area contributed by atoms with Crippen LogP contribution in [0.4, 0.5) is 0 Å². The first-order valence-electron chi connectivity index (χ1n) is 7.94. The molecule has 3 rings (SSSR count). The van der Waals surface area contributed by atoms with Gasteiger partial charge in [-0.3, -0.25) is 4.79 Å². The molecule has 0 spiro atoms. The van der Waals surface area contributed by atoms with Crippen molar-refractivity contribution in [1.29, 1.82) is 0 Å². The Morgan fingerprint density at radius 2 is 1.92 bits per heavy atom. The van der Waals surface area contributed by atoms with Gasteiger partial charge in [0.2, 0.25) is 0 Å². The molecule has 2 unspecified atom stereocenters. The molecule has 0 aliphatic heterocycles. The van der Waals surface area contributed by atoms with E-state index in [9.17, 15) is 4.79 Å². The highest BCUT2D eigenvalue weighted by Gasteiger charge is 2.42. The lowest BCUT2D eigenvalue weighted by atomic mass is 9.84. The fraction of sp³-hybridized carbons (Fsp3) is 0.250. The number of carbonyl (C=O) groups excluding carboxylic acids is 1. The Labute approximate surface area is 152 Å². The summed E-state index contributed by atoms with van der Waals surface area (Å²) >= 11 is 12.8. The SMILES string of the molecule is C=CCOc1cc2c(c(Cl)c1Cl)C(=O)C(CC)C2c1ccccc1. The monoisotopic (exact) mass is 360 g/mol. The number of benzene rings is 2.